The van der Waals surface area contributed by atoms with Gasteiger partial charge in [-0.15, -0.1) is 0 Å². The molecule has 18 heavy (non-hydrogen) atoms. The van der Waals surface area contributed by atoms with E-state index in [-0.39, 0.29) is 0 Å². The van der Waals surface area contributed by atoms with Gasteiger partial charge < -0.3 is 10.6 Å². The number of thiocarbonyl (C=S) groups is 1. The molecule has 0 aromatic heterocycles. The maximum atomic E-state index is 5.49. The van der Waals surface area contributed by atoms with Crippen molar-refractivity contribution in [3.05, 3.63) is 0 Å². The number of nitrogens with one attached hydrogen (secondary N) is 2. The molecule has 4 aliphatic rings. The van der Waals surface area contributed by atoms with Crippen LogP contribution in [0.15, 0.2) is 0 Å². The molecule has 0 amide bonds. The summed E-state index contributed by atoms with van der Waals surface area (Å²) in [5, 5.41) is 7.97. The van der Waals surface area contributed by atoms with Gasteiger partial charge in [-0.25, -0.2) is 0 Å². The summed E-state index contributed by atoms with van der Waals surface area (Å²) in [5.74, 6) is 3.60. The van der Waals surface area contributed by atoms with E-state index >= 15 is 0 Å². The van der Waals surface area contributed by atoms with E-state index in [9.17, 15) is 0 Å². The van der Waals surface area contributed by atoms with Crippen molar-refractivity contribution >= 4 is 17.3 Å². The molecule has 0 radical (unpaired) electrons. The fourth-order valence-corrected chi connectivity index (χ4v) is 5.15. The van der Waals surface area contributed by atoms with Crippen LogP contribution < -0.4 is 10.6 Å². The minimum atomic E-state index is 0.357. The molecular weight excluding hydrogens is 240 g/mol. The summed E-state index contributed by atoms with van der Waals surface area (Å²) < 4.78 is 0. The first kappa shape index (κ1) is 12.7. The first-order chi connectivity index (χ1) is 8.55. The minimum absolute atomic E-state index is 0.357. The molecule has 0 aromatic carbocycles. The molecular formula is C15H26N2S. The molecule has 0 spiro atoms. The van der Waals surface area contributed by atoms with Crippen LogP contribution in [0.2, 0.25) is 0 Å². The fourth-order valence-electron chi connectivity index (χ4n) is 4.85. The molecule has 4 bridgehead atoms. The van der Waals surface area contributed by atoms with Gasteiger partial charge in [0.15, 0.2) is 5.11 Å². The highest BCUT2D eigenvalue weighted by Gasteiger charge is 2.51. The van der Waals surface area contributed by atoms with E-state index in [1.54, 1.807) is 0 Å². The lowest BCUT2D eigenvalue weighted by Gasteiger charge is -2.57. The lowest BCUT2D eigenvalue weighted by molar-refractivity contribution is -0.0101. The van der Waals surface area contributed by atoms with Gasteiger partial charge in [0.05, 0.1) is 0 Å². The molecule has 0 atom stereocenters. The van der Waals surface area contributed by atoms with Crippen molar-refractivity contribution in [2.24, 2.45) is 23.7 Å². The average Bonchev–Trinajstić information content (AvgIpc) is 2.23. The Bertz CT molecular complexity index is 302. The van der Waals surface area contributed by atoms with Crippen LogP contribution in [0.25, 0.3) is 0 Å². The van der Waals surface area contributed by atoms with Crippen LogP contribution in [0.4, 0.5) is 0 Å². The van der Waals surface area contributed by atoms with Crippen molar-refractivity contribution in [2.45, 2.75) is 57.9 Å². The molecule has 0 aromatic rings. The van der Waals surface area contributed by atoms with E-state index < -0.39 is 0 Å². The minimum Gasteiger partial charge on any atom is -0.362 e. The molecule has 102 valence electrons. The van der Waals surface area contributed by atoms with E-state index in [1.807, 2.05) is 0 Å². The van der Waals surface area contributed by atoms with Crippen LogP contribution in [0, 0.1) is 23.7 Å². The Hall–Kier alpha value is -0.310. The zero-order valence-electron chi connectivity index (χ0n) is 11.7. The van der Waals surface area contributed by atoms with Crippen molar-refractivity contribution < 1.29 is 0 Å². The highest BCUT2D eigenvalue weighted by atomic mass is 32.1. The lowest BCUT2D eigenvalue weighted by atomic mass is 9.53. The predicted octanol–water partition coefficient (Wildman–Crippen LogP) is 3.08. The van der Waals surface area contributed by atoms with Crippen LogP contribution >= 0.6 is 12.2 Å². The van der Waals surface area contributed by atoms with Gasteiger partial charge in [0.2, 0.25) is 0 Å². The smallest absolute Gasteiger partial charge is 0.166 e. The first-order valence-electron chi connectivity index (χ1n) is 7.61. The van der Waals surface area contributed by atoms with E-state index in [0.717, 1.165) is 29.4 Å². The largest absolute Gasteiger partial charge is 0.362 e. The van der Waals surface area contributed by atoms with Gasteiger partial charge in [0.1, 0.15) is 0 Å². The SMILES string of the molecule is CC(C)CNC(=S)NC12CC3CC(CC(C3)C1)C2. The standard InChI is InChI=1S/C15H26N2S/c1-10(2)9-16-14(18)17-15-6-11-3-12(7-15)5-13(4-11)8-15/h10-13H,3-9H2,1-2H3,(H2,16,17,18). The highest BCUT2D eigenvalue weighted by Crippen LogP contribution is 2.55. The third-order valence-corrected chi connectivity index (χ3v) is 5.33. The molecule has 0 heterocycles. The normalized spacial score (nSPS) is 41.2. The van der Waals surface area contributed by atoms with Crippen LogP contribution in [-0.4, -0.2) is 17.2 Å². The number of hydrogen-bond acceptors (Lipinski definition) is 1. The van der Waals surface area contributed by atoms with Gasteiger partial charge in [-0.05, 0) is 74.4 Å². The van der Waals surface area contributed by atoms with Gasteiger partial charge in [-0.2, -0.15) is 0 Å². The summed E-state index contributed by atoms with van der Waals surface area (Å²) >= 11 is 5.49. The summed E-state index contributed by atoms with van der Waals surface area (Å²) in [6, 6.07) is 0. The van der Waals surface area contributed by atoms with E-state index in [1.165, 1.54) is 38.5 Å². The maximum absolute atomic E-state index is 5.49. The van der Waals surface area contributed by atoms with Crippen LogP contribution in [0.3, 0.4) is 0 Å². The highest BCUT2D eigenvalue weighted by molar-refractivity contribution is 7.80. The Morgan fingerprint density at radius 3 is 2.06 bits per heavy atom. The zero-order chi connectivity index (χ0) is 12.8. The Kier molecular flexibility index (Phi) is 3.29. The van der Waals surface area contributed by atoms with Crippen molar-refractivity contribution in [3.8, 4) is 0 Å². The van der Waals surface area contributed by atoms with Gasteiger partial charge in [-0.1, -0.05) is 13.8 Å². The molecule has 4 rings (SSSR count). The summed E-state index contributed by atoms with van der Waals surface area (Å²) in [6.45, 7) is 5.43. The van der Waals surface area contributed by atoms with Gasteiger partial charge >= 0.3 is 0 Å². The Balaban J connectivity index is 1.60. The quantitative estimate of drug-likeness (QED) is 0.768. The van der Waals surface area contributed by atoms with Crippen LogP contribution in [0.1, 0.15) is 52.4 Å². The molecule has 4 fully saturated rings. The topological polar surface area (TPSA) is 24.1 Å². The second-order valence-electron chi connectivity index (χ2n) is 7.43. The monoisotopic (exact) mass is 266 g/mol. The Morgan fingerprint density at radius 2 is 1.61 bits per heavy atom. The molecule has 0 saturated heterocycles. The van der Waals surface area contributed by atoms with Crippen molar-refractivity contribution in [3.63, 3.8) is 0 Å². The Morgan fingerprint density at radius 1 is 1.11 bits per heavy atom. The van der Waals surface area contributed by atoms with Gasteiger partial charge in [0.25, 0.3) is 0 Å². The fraction of sp³-hybridized carbons (Fsp3) is 0.933. The second-order valence-corrected chi connectivity index (χ2v) is 7.84. The predicted molar refractivity (Wildman–Crippen MR) is 79.5 cm³/mol. The van der Waals surface area contributed by atoms with Crippen molar-refractivity contribution in [1.82, 2.24) is 10.6 Å². The molecule has 3 heteroatoms. The molecule has 2 nitrogen and oxygen atoms in total. The molecule has 0 aliphatic heterocycles. The zero-order valence-corrected chi connectivity index (χ0v) is 12.5. The molecule has 0 unspecified atom stereocenters. The molecule has 4 saturated carbocycles. The number of hydrogen-bond donors (Lipinski definition) is 2. The average molecular weight is 266 g/mol. The third-order valence-electron chi connectivity index (χ3n) is 5.09. The van der Waals surface area contributed by atoms with Gasteiger partial charge in [-0.3, -0.25) is 0 Å². The first-order valence-corrected chi connectivity index (χ1v) is 8.01. The molecule has 4 aliphatic carbocycles. The van der Waals surface area contributed by atoms with Crippen LogP contribution in [0.5, 0.6) is 0 Å². The van der Waals surface area contributed by atoms with Crippen molar-refractivity contribution in [2.75, 3.05) is 6.54 Å². The van der Waals surface area contributed by atoms with Crippen LogP contribution in [-0.2, 0) is 0 Å². The van der Waals surface area contributed by atoms with E-state index in [0.29, 0.717) is 11.5 Å². The third kappa shape index (κ3) is 2.52. The summed E-state index contributed by atoms with van der Waals surface area (Å²) in [5.41, 5.74) is 0.357. The summed E-state index contributed by atoms with van der Waals surface area (Å²) in [6.07, 6.45) is 8.57. The van der Waals surface area contributed by atoms with E-state index in [2.05, 4.69) is 24.5 Å². The Labute approximate surface area is 116 Å². The summed E-state index contributed by atoms with van der Waals surface area (Å²) in [4.78, 5) is 0. The maximum Gasteiger partial charge on any atom is 0.166 e. The molecule has 2 N–H and O–H groups in total. The van der Waals surface area contributed by atoms with E-state index in [4.69, 9.17) is 12.2 Å². The summed E-state index contributed by atoms with van der Waals surface area (Å²) in [7, 11) is 0. The lowest BCUT2D eigenvalue weighted by Crippen LogP contribution is -2.61. The number of rotatable bonds is 3. The van der Waals surface area contributed by atoms with Crippen molar-refractivity contribution in [1.29, 1.82) is 0 Å². The second kappa shape index (κ2) is 4.66. The van der Waals surface area contributed by atoms with Gasteiger partial charge in [0, 0.05) is 12.1 Å².